The maximum absolute atomic E-state index is 13.0. The van der Waals surface area contributed by atoms with Gasteiger partial charge in [0.1, 0.15) is 5.82 Å². The van der Waals surface area contributed by atoms with Gasteiger partial charge in [-0.15, -0.1) is 0 Å². The molecule has 2 aromatic carbocycles. The summed E-state index contributed by atoms with van der Waals surface area (Å²) in [5.74, 6) is -1.76. The first kappa shape index (κ1) is 15.2. The van der Waals surface area contributed by atoms with Crippen molar-refractivity contribution >= 4 is 33.5 Å². The molecule has 0 bridgehead atoms. The first-order chi connectivity index (χ1) is 10.0. The third-order valence-electron chi connectivity index (χ3n) is 2.52. The Morgan fingerprint density at radius 3 is 2.52 bits per heavy atom. The average molecular weight is 352 g/mol. The van der Waals surface area contributed by atoms with E-state index in [1.807, 2.05) is 0 Å². The van der Waals surface area contributed by atoms with Crippen molar-refractivity contribution < 1.29 is 18.7 Å². The monoisotopic (exact) mass is 351 g/mol. The molecule has 0 unspecified atom stereocenters. The SMILES string of the molecule is O=C(COC(=O)c1cccc(F)c1)Nc1ccc(Br)cc1. The molecule has 0 heterocycles. The van der Waals surface area contributed by atoms with E-state index in [1.165, 1.54) is 18.2 Å². The molecule has 0 atom stereocenters. The highest BCUT2D eigenvalue weighted by Gasteiger charge is 2.11. The lowest BCUT2D eigenvalue weighted by molar-refractivity contribution is -0.119. The first-order valence-corrected chi connectivity index (χ1v) is 6.82. The van der Waals surface area contributed by atoms with E-state index in [2.05, 4.69) is 21.2 Å². The van der Waals surface area contributed by atoms with Crippen LogP contribution >= 0.6 is 15.9 Å². The molecule has 0 saturated heterocycles. The lowest BCUT2D eigenvalue weighted by Crippen LogP contribution is -2.20. The zero-order valence-corrected chi connectivity index (χ0v) is 12.4. The summed E-state index contributed by atoms with van der Waals surface area (Å²) in [6.07, 6.45) is 0. The molecule has 1 amide bonds. The Bertz CT molecular complexity index is 658. The van der Waals surface area contributed by atoms with Gasteiger partial charge in [0.25, 0.3) is 5.91 Å². The number of ether oxygens (including phenoxy) is 1. The van der Waals surface area contributed by atoms with Gasteiger partial charge in [0.2, 0.25) is 0 Å². The molecule has 0 aliphatic carbocycles. The number of amides is 1. The van der Waals surface area contributed by atoms with Gasteiger partial charge in [-0.05, 0) is 42.5 Å². The Morgan fingerprint density at radius 1 is 1.14 bits per heavy atom. The molecule has 21 heavy (non-hydrogen) atoms. The highest BCUT2D eigenvalue weighted by molar-refractivity contribution is 9.10. The van der Waals surface area contributed by atoms with Crippen molar-refractivity contribution in [2.45, 2.75) is 0 Å². The Morgan fingerprint density at radius 2 is 1.86 bits per heavy atom. The normalized spacial score (nSPS) is 10.0. The summed E-state index contributed by atoms with van der Waals surface area (Å²) in [7, 11) is 0. The number of carbonyl (C=O) groups is 2. The van der Waals surface area contributed by atoms with Gasteiger partial charge >= 0.3 is 5.97 Å². The fraction of sp³-hybridized carbons (Fsp3) is 0.0667. The van der Waals surface area contributed by atoms with E-state index in [1.54, 1.807) is 24.3 Å². The van der Waals surface area contributed by atoms with Gasteiger partial charge in [0.15, 0.2) is 6.61 Å². The zero-order valence-electron chi connectivity index (χ0n) is 10.8. The van der Waals surface area contributed by atoms with E-state index in [0.717, 1.165) is 10.5 Å². The van der Waals surface area contributed by atoms with Crippen molar-refractivity contribution in [3.05, 3.63) is 64.4 Å². The summed E-state index contributed by atoms with van der Waals surface area (Å²) in [5, 5.41) is 2.58. The second kappa shape index (κ2) is 6.99. The molecule has 0 aliphatic heterocycles. The lowest BCUT2D eigenvalue weighted by atomic mass is 10.2. The maximum Gasteiger partial charge on any atom is 0.338 e. The van der Waals surface area contributed by atoms with E-state index in [9.17, 15) is 14.0 Å². The van der Waals surface area contributed by atoms with Crippen molar-refractivity contribution in [3.8, 4) is 0 Å². The van der Waals surface area contributed by atoms with E-state index < -0.39 is 24.3 Å². The van der Waals surface area contributed by atoms with E-state index >= 15 is 0 Å². The fourth-order valence-corrected chi connectivity index (χ4v) is 1.82. The molecule has 2 rings (SSSR count). The minimum absolute atomic E-state index is 0.0615. The summed E-state index contributed by atoms with van der Waals surface area (Å²) < 4.78 is 18.7. The van der Waals surface area contributed by atoms with Crippen LogP contribution in [-0.4, -0.2) is 18.5 Å². The van der Waals surface area contributed by atoms with Gasteiger partial charge in [-0.2, -0.15) is 0 Å². The molecule has 2 aromatic rings. The van der Waals surface area contributed by atoms with Crippen LogP contribution in [0.1, 0.15) is 10.4 Å². The molecule has 0 aliphatic rings. The highest BCUT2D eigenvalue weighted by atomic mass is 79.9. The highest BCUT2D eigenvalue weighted by Crippen LogP contribution is 2.14. The van der Waals surface area contributed by atoms with Crippen LogP contribution < -0.4 is 5.32 Å². The van der Waals surface area contributed by atoms with Gasteiger partial charge in [-0.25, -0.2) is 9.18 Å². The third kappa shape index (κ3) is 4.68. The minimum atomic E-state index is -0.750. The van der Waals surface area contributed by atoms with Gasteiger partial charge in [0.05, 0.1) is 5.56 Å². The Labute approximate surface area is 129 Å². The molecule has 6 heteroatoms. The molecule has 0 spiro atoms. The third-order valence-corrected chi connectivity index (χ3v) is 3.05. The molecule has 1 N–H and O–H groups in total. The lowest BCUT2D eigenvalue weighted by Gasteiger charge is -2.06. The van der Waals surface area contributed by atoms with E-state index in [0.29, 0.717) is 5.69 Å². The fourth-order valence-electron chi connectivity index (χ4n) is 1.56. The Hall–Kier alpha value is -2.21. The number of benzene rings is 2. The second-order valence-corrected chi connectivity index (χ2v) is 5.06. The zero-order chi connectivity index (χ0) is 15.2. The topological polar surface area (TPSA) is 55.4 Å². The van der Waals surface area contributed by atoms with Gasteiger partial charge < -0.3 is 10.1 Å². The van der Waals surface area contributed by atoms with Crippen molar-refractivity contribution in [1.82, 2.24) is 0 Å². The largest absolute Gasteiger partial charge is 0.452 e. The second-order valence-electron chi connectivity index (χ2n) is 4.14. The Kier molecular flexibility index (Phi) is 5.05. The van der Waals surface area contributed by atoms with Crippen molar-refractivity contribution in [2.24, 2.45) is 0 Å². The van der Waals surface area contributed by atoms with Crippen LogP contribution in [0.4, 0.5) is 10.1 Å². The van der Waals surface area contributed by atoms with Crippen LogP contribution in [0.25, 0.3) is 0 Å². The van der Waals surface area contributed by atoms with Gasteiger partial charge in [0, 0.05) is 10.2 Å². The van der Waals surface area contributed by atoms with Crippen LogP contribution in [-0.2, 0) is 9.53 Å². The molecule has 4 nitrogen and oxygen atoms in total. The number of rotatable bonds is 4. The van der Waals surface area contributed by atoms with Crippen molar-refractivity contribution in [1.29, 1.82) is 0 Å². The summed E-state index contributed by atoms with van der Waals surface area (Å²) in [6, 6.07) is 12.0. The van der Waals surface area contributed by atoms with E-state index in [4.69, 9.17) is 4.74 Å². The Balaban J connectivity index is 1.86. The predicted octanol–water partition coefficient (Wildman–Crippen LogP) is 3.38. The standard InChI is InChI=1S/C15H11BrFNO3/c16-11-4-6-13(7-5-11)18-14(19)9-21-15(20)10-2-1-3-12(17)8-10/h1-8H,9H2,(H,18,19). The minimum Gasteiger partial charge on any atom is -0.452 e. The quantitative estimate of drug-likeness (QED) is 0.859. The van der Waals surface area contributed by atoms with Crippen molar-refractivity contribution in [2.75, 3.05) is 11.9 Å². The number of nitrogens with one attached hydrogen (secondary N) is 1. The van der Waals surface area contributed by atoms with Gasteiger partial charge in [-0.1, -0.05) is 22.0 Å². The van der Waals surface area contributed by atoms with Gasteiger partial charge in [-0.3, -0.25) is 4.79 Å². The molecule has 0 fully saturated rings. The van der Waals surface area contributed by atoms with Crippen LogP contribution in [0.15, 0.2) is 53.0 Å². The van der Waals surface area contributed by atoms with Crippen LogP contribution in [0, 0.1) is 5.82 Å². The first-order valence-electron chi connectivity index (χ1n) is 6.03. The average Bonchev–Trinajstić information content (AvgIpc) is 2.47. The van der Waals surface area contributed by atoms with E-state index in [-0.39, 0.29) is 5.56 Å². The molecule has 0 aromatic heterocycles. The number of hydrogen-bond donors (Lipinski definition) is 1. The van der Waals surface area contributed by atoms with Crippen LogP contribution in [0.5, 0.6) is 0 Å². The van der Waals surface area contributed by atoms with Crippen LogP contribution in [0.2, 0.25) is 0 Å². The summed E-state index contributed by atoms with van der Waals surface area (Å²) in [6.45, 7) is -0.439. The molecular weight excluding hydrogens is 341 g/mol. The summed E-state index contributed by atoms with van der Waals surface area (Å²) in [4.78, 5) is 23.2. The van der Waals surface area contributed by atoms with Crippen molar-refractivity contribution in [3.63, 3.8) is 0 Å². The summed E-state index contributed by atoms with van der Waals surface area (Å²) >= 11 is 3.28. The molecule has 108 valence electrons. The number of esters is 1. The number of halogens is 2. The summed E-state index contributed by atoms with van der Waals surface area (Å²) in [5.41, 5.74) is 0.649. The van der Waals surface area contributed by atoms with Crippen LogP contribution in [0.3, 0.4) is 0 Å². The smallest absolute Gasteiger partial charge is 0.338 e. The number of anilines is 1. The number of hydrogen-bond acceptors (Lipinski definition) is 3. The molecule has 0 radical (unpaired) electrons. The maximum atomic E-state index is 13.0. The molecular formula is C15H11BrFNO3. The predicted molar refractivity (Wildman–Crippen MR) is 79.5 cm³/mol. The molecule has 0 saturated carbocycles. The number of carbonyl (C=O) groups excluding carboxylic acids is 2.